The Morgan fingerprint density at radius 2 is 1.75 bits per heavy atom. The number of nitrogens with zero attached hydrogens (tertiary/aromatic N) is 1. The maximum atomic E-state index is 14.2. The molecule has 2 aliphatic carbocycles. The zero-order chi connectivity index (χ0) is 23.1. The molecule has 0 spiro atoms. The van der Waals surface area contributed by atoms with Gasteiger partial charge in [-0.3, -0.25) is 9.69 Å². The van der Waals surface area contributed by atoms with Crippen molar-refractivity contribution >= 4 is 5.78 Å². The lowest BCUT2D eigenvalue weighted by Crippen LogP contribution is -2.49. The van der Waals surface area contributed by atoms with Crippen LogP contribution in [-0.4, -0.2) is 49.0 Å². The Kier molecular flexibility index (Phi) is 6.49. The number of halogens is 6. The molecule has 3 aliphatic rings. The molecule has 0 radical (unpaired) electrons. The van der Waals surface area contributed by atoms with Crippen LogP contribution in [0.5, 0.6) is 5.75 Å². The molecule has 1 saturated heterocycles. The quantitative estimate of drug-likeness (QED) is 0.346. The number of likely N-dealkylation sites (tertiary alicyclic amines) is 1. The Hall–Kier alpha value is -1.77. The van der Waals surface area contributed by atoms with E-state index in [9.17, 15) is 31.1 Å². The summed E-state index contributed by atoms with van der Waals surface area (Å²) in [6, 6.07) is 4.32. The molecule has 1 aromatic rings. The maximum absolute atomic E-state index is 14.2. The fourth-order valence-electron chi connectivity index (χ4n) is 4.77. The van der Waals surface area contributed by atoms with Crippen LogP contribution in [0.15, 0.2) is 18.2 Å². The van der Waals surface area contributed by atoms with E-state index in [0.29, 0.717) is 43.0 Å². The number of Topliss-reactive ketones (excluding diaryl/α,β-unsaturated/α-hetero) is 1. The van der Waals surface area contributed by atoms with Crippen molar-refractivity contribution in [1.29, 1.82) is 0 Å². The van der Waals surface area contributed by atoms with Gasteiger partial charge >= 0.3 is 12.1 Å². The van der Waals surface area contributed by atoms with Gasteiger partial charge in [-0.25, -0.2) is 4.39 Å². The van der Waals surface area contributed by atoms with Gasteiger partial charge in [-0.1, -0.05) is 0 Å². The van der Waals surface area contributed by atoms with Crippen molar-refractivity contribution in [2.75, 3.05) is 26.2 Å². The van der Waals surface area contributed by atoms with Crippen LogP contribution in [0.2, 0.25) is 0 Å². The van der Waals surface area contributed by atoms with Gasteiger partial charge in [0.1, 0.15) is 11.6 Å². The maximum Gasteiger partial charge on any atom is 0.454 e. The van der Waals surface area contributed by atoms with Gasteiger partial charge in [0, 0.05) is 12.0 Å². The van der Waals surface area contributed by atoms with Crippen molar-refractivity contribution in [2.24, 2.45) is 23.7 Å². The number of ether oxygens (including phenoxy) is 1. The second kappa shape index (κ2) is 8.88. The van der Waals surface area contributed by atoms with Gasteiger partial charge in [0.2, 0.25) is 0 Å². The molecular formula is C23H27F6NO2. The lowest BCUT2D eigenvalue weighted by molar-refractivity contribution is -0.287. The van der Waals surface area contributed by atoms with Crippen LogP contribution in [0, 0.1) is 29.5 Å². The van der Waals surface area contributed by atoms with E-state index in [1.807, 2.05) is 0 Å². The highest BCUT2D eigenvalue weighted by Gasteiger charge is 2.58. The predicted molar refractivity (Wildman–Crippen MR) is 105 cm³/mol. The van der Waals surface area contributed by atoms with E-state index in [4.69, 9.17) is 4.74 Å². The normalized spacial score (nSPS) is 25.1. The minimum atomic E-state index is -5.51. The number of carbonyl (C=O) groups excluding carboxylic acids is 1. The van der Waals surface area contributed by atoms with E-state index in [1.165, 1.54) is 17.0 Å². The Bertz CT molecular complexity index is 830. The topological polar surface area (TPSA) is 29.5 Å². The van der Waals surface area contributed by atoms with E-state index < -0.39 is 24.5 Å². The van der Waals surface area contributed by atoms with E-state index in [2.05, 4.69) is 0 Å². The monoisotopic (exact) mass is 463 g/mol. The van der Waals surface area contributed by atoms with Crippen molar-refractivity contribution in [1.82, 2.24) is 4.90 Å². The van der Waals surface area contributed by atoms with Crippen molar-refractivity contribution in [2.45, 2.75) is 50.6 Å². The highest BCUT2D eigenvalue weighted by Crippen LogP contribution is 2.50. The molecule has 1 heterocycles. The number of alkyl halides is 5. The van der Waals surface area contributed by atoms with Crippen molar-refractivity contribution in [3.8, 4) is 5.75 Å². The molecule has 4 rings (SSSR count). The highest BCUT2D eigenvalue weighted by molar-refractivity contribution is 5.99. The molecule has 178 valence electrons. The van der Waals surface area contributed by atoms with Crippen LogP contribution in [0.1, 0.15) is 48.9 Å². The first-order chi connectivity index (χ1) is 15.0. The second-order valence-corrected chi connectivity index (χ2v) is 9.39. The summed E-state index contributed by atoms with van der Waals surface area (Å²) in [5.41, 5.74) is 0.112. The first kappa shape index (κ1) is 23.4. The summed E-state index contributed by atoms with van der Waals surface area (Å²) in [6.07, 6.45) is -0.857. The van der Waals surface area contributed by atoms with Crippen LogP contribution in [0.4, 0.5) is 26.3 Å². The lowest BCUT2D eigenvalue weighted by atomic mass is 9.90. The first-order valence-corrected chi connectivity index (χ1v) is 11.2. The van der Waals surface area contributed by atoms with Crippen LogP contribution >= 0.6 is 0 Å². The lowest BCUT2D eigenvalue weighted by Gasteiger charge is -2.34. The van der Waals surface area contributed by atoms with Gasteiger partial charge in [-0.05, 0) is 81.5 Å². The summed E-state index contributed by atoms with van der Waals surface area (Å²) >= 11 is 0. The average molecular weight is 463 g/mol. The van der Waals surface area contributed by atoms with Gasteiger partial charge in [-0.2, -0.15) is 22.0 Å². The molecule has 32 heavy (non-hydrogen) atoms. The number of rotatable bonds is 9. The van der Waals surface area contributed by atoms with E-state index in [1.54, 1.807) is 6.07 Å². The van der Waals surface area contributed by atoms with Gasteiger partial charge in [0.25, 0.3) is 0 Å². The van der Waals surface area contributed by atoms with Crippen molar-refractivity contribution in [3.05, 3.63) is 29.6 Å². The number of hydrogen-bond donors (Lipinski definition) is 0. The summed E-state index contributed by atoms with van der Waals surface area (Å²) in [6.45, 7) is -0.359. The number of piperidine rings is 1. The molecule has 0 amide bonds. The zero-order valence-electron chi connectivity index (χ0n) is 17.6. The molecule has 2 unspecified atom stereocenters. The third-order valence-electron chi connectivity index (χ3n) is 6.96. The molecule has 3 nitrogen and oxygen atoms in total. The van der Waals surface area contributed by atoms with Crippen molar-refractivity contribution < 1.29 is 35.9 Å². The molecular weight excluding hydrogens is 436 g/mol. The Labute approximate surface area is 183 Å². The highest BCUT2D eigenvalue weighted by atomic mass is 19.4. The minimum absolute atomic E-state index is 0.0453. The second-order valence-electron chi connectivity index (χ2n) is 9.39. The Balaban J connectivity index is 1.16. The predicted octanol–water partition coefficient (Wildman–Crippen LogP) is 5.73. The van der Waals surface area contributed by atoms with Crippen LogP contribution in [0.3, 0.4) is 0 Å². The Morgan fingerprint density at radius 3 is 2.34 bits per heavy atom. The number of benzene rings is 1. The summed E-state index contributed by atoms with van der Waals surface area (Å²) < 4.78 is 83.4. The number of hydrogen-bond acceptors (Lipinski definition) is 3. The molecule has 1 aromatic carbocycles. The smallest absolute Gasteiger partial charge is 0.454 e. The molecule has 3 fully saturated rings. The summed E-state index contributed by atoms with van der Waals surface area (Å²) in [7, 11) is 0. The van der Waals surface area contributed by atoms with E-state index >= 15 is 0 Å². The van der Waals surface area contributed by atoms with Crippen molar-refractivity contribution in [3.63, 3.8) is 0 Å². The van der Waals surface area contributed by atoms with Gasteiger partial charge in [0.15, 0.2) is 5.78 Å². The summed E-state index contributed by atoms with van der Waals surface area (Å²) in [5, 5.41) is 0. The van der Waals surface area contributed by atoms with Crippen LogP contribution in [0.25, 0.3) is 0 Å². The van der Waals surface area contributed by atoms with Gasteiger partial charge in [0.05, 0.1) is 18.7 Å². The average Bonchev–Trinajstić information content (AvgIpc) is 3.62. The molecule has 0 aromatic heterocycles. The zero-order valence-corrected chi connectivity index (χ0v) is 17.6. The summed E-state index contributed by atoms with van der Waals surface area (Å²) in [4.78, 5) is 13.2. The number of carbonyl (C=O) groups is 1. The molecule has 0 N–H and O–H groups in total. The fraction of sp³-hybridized carbons (Fsp3) is 0.696. The fourth-order valence-corrected chi connectivity index (χ4v) is 4.77. The van der Waals surface area contributed by atoms with Crippen LogP contribution < -0.4 is 4.74 Å². The van der Waals surface area contributed by atoms with Gasteiger partial charge in [-0.15, -0.1) is 0 Å². The molecule has 9 heteroatoms. The molecule has 2 atom stereocenters. The largest absolute Gasteiger partial charge is 0.493 e. The SMILES string of the molecule is O=C(c1ccc(OCCC2CC2C2CCN(CC(F)(F)C(F)(F)F)CC2)cc1F)C1CC1. The standard InChI is InChI=1S/C23H27F6NO2/c24-20-12-17(3-4-18(20)21(31)15-1-2-15)32-10-7-16-11-19(16)14-5-8-30(9-6-14)13-22(25,26)23(27,28)29/h3-4,12,14-16,19H,1-2,5-11,13H2. The van der Waals surface area contributed by atoms with E-state index in [-0.39, 0.29) is 30.4 Å². The minimum Gasteiger partial charge on any atom is -0.493 e. The molecule has 0 bridgehead atoms. The Morgan fingerprint density at radius 1 is 1.06 bits per heavy atom. The third kappa shape index (κ3) is 5.41. The first-order valence-electron chi connectivity index (χ1n) is 11.2. The van der Waals surface area contributed by atoms with Gasteiger partial charge < -0.3 is 4.74 Å². The summed E-state index contributed by atoms with van der Waals surface area (Å²) in [5.74, 6) is -3.84. The van der Waals surface area contributed by atoms with E-state index in [0.717, 1.165) is 25.7 Å². The number of ketones is 1. The molecule has 2 saturated carbocycles. The van der Waals surface area contributed by atoms with Crippen LogP contribution in [-0.2, 0) is 0 Å². The molecule has 1 aliphatic heterocycles. The third-order valence-corrected chi connectivity index (χ3v) is 6.96.